The molecule has 0 bridgehead atoms. The second-order valence-electron chi connectivity index (χ2n) is 11.1. The van der Waals surface area contributed by atoms with Gasteiger partial charge in [-0.3, -0.25) is 14.2 Å². The third-order valence-corrected chi connectivity index (χ3v) is 9.14. The molecule has 3 atom stereocenters. The number of pyridine rings is 1. The maximum Gasteiger partial charge on any atom is 0.330 e. The summed E-state index contributed by atoms with van der Waals surface area (Å²) in [6.45, 7) is 0.761. The van der Waals surface area contributed by atoms with Crippen molar-refractivity contribution >= 4 is 34.8 Å². The number of aromatic nitrogens is 3. The first-order chi connectivity index (χ1) is 21.6. The lowest BCUT2D eigenvalue weighted by Crippen LogP contribution is -2.40. The van der Waals surface area contributed by atoms with Crippen molar-refractivity contribution in [2.45, 2.75) is 31.0 Å². The van der Waals surface area contributed by atoms with E-state index < -0.39 is 23.3 Å². The largest absolute Gasteiger partial charge is 0.481 e. The normalized spacial score (nSPS) is 19.0. The standard InChI is InChI=1S/C32H31Cl2N5O6/c1-38-13-20(31(42)39(2)32(38)43)29(41)36-22-9-5-7-18(28(22)34)17-6-4-8-19(27(17)33)23-12-16-10-11-21(26(16)30(37-23)44-3)35-24-14-45-15-25(24)40/h4-9,12-13,21,24-25,35,40H,10-11,14-15H2,1-3H3,(H,36,41)/t21?,24?,25-/m1/s1. The quantitative estimate of drug-likeness (QED) is 0.275. The van der Waals surface area contributed by atoms with E-state index in [1.54, 1.807) is 25.3 Å². The Hall–Kier alpha value is -4.00. The highest BCUT2D eigenvalue weighted by molar-refractivity contribution is 6.39. The van der Waals surface area contributed by atoms with E-state index in [4.69, 9.17) is 37.7 Å². The molecule has 4 aromatic rings. The number of ether oxygens (including phenoxy) is 2. The Balaban J connectivity index is 1.32. The van der Waals surface area contributed by atoms with E-state index in [1.165, 1.54) is 20.3 Å². The third kappa shape index (κ3) is 5.66. The Bertz CT molecular complexity index is 1940. The molecule has 13 heteroatoms. The lowest BCUT2D eigenvalue weighted by molar-refractivity contribution is 0.102. The highest BCUT2D eigenvalue weighted by atomic mass is 35.5. The topological polar surface area (TPSA) is 137 Å². The van der Waals surface area contributed by atoms with Gasteiger partial charge < -0.3 is 29.8 Å². The summed E-state index contributed by atoms with van der Waals surface area (Å²) < 4.78 is 13.2. The summed E-state index contributed by atoms with van der Waals surface area (Å²) in [6, 6.07) is 12.5. The van der Waals surface area contributed by atoms with Crippen LogP contribution in [0, 0.1) is 0 Å². The molecule has 3 N–H and O–H groups in total. The second-order valence-corrected chi connectivity index (χ2v) is 11.9. The van der Waals surface area contributed by atoms with Crippen molar-refractivity contribution in [1.82, 2.24) is 19.4 Å². The molecule has 1 amide bonds. The summed E-state index contributed by atoms with van der Waals surface area (Å²) in [7, 11) is 4.35. The second kappa shape index (κ2) is 12.4. The number of anilines is 1. The molecule has 234 valence electrons. The number of halogens is 2. The molecule has 2 aliphatic rings. The van der Waals surface area contributed by atoms with Crippen LogP contribution in [0.15, 0.2) is 58.3 Å². The minimum Gasteiger partial charge on any atom is -0.481 e. The van der Waals surface area contributed by atoms with Crippen molar-refractivity contribution in [2.24, 2.45) is 14.1 Å². The first-order valence-electron chi connectivity index (χ1n) is 14.3. The zero-order valence-corrected chi connectivity index (χ0v) is 26.3. The predicted octanol–water partition coefficient (Wildman–Crippen LogP) is 3.72. The number of amides is 1. The van der Waals surface area contributed by atoms with Gasteiger partial charge in [0.2, 0.25) is 5.88 Å². The van der Waals surface area contributed by atoms with Crippen molar-refractivity contribution in [3.05, 3.63) is 96.2 Å². The van der Waals surface area contributed by atoms with Gasteiger partial charge in [-0.1, -0.05) is 53.5 Å². The molecule has 2 aromatic heterocycles. The number of nitrogens with zero attached hydrogens (tertiary/aromatic N) is 3. The van der Waals surface area contributed by atoms with Gasteiger partial charge in [-0.25, -0.2) is 9.78 Å². The first-order valence-corrected chi connectivity index (χ1v) is 15.1. The van der Waals surface area contributed by atoms with Gasteiger partial charge in [0.05, 0.1) is 53.9 Å². The van der Waals surface area contributed by atoms with Crippen molar-refractivity contribution in [1.29, 1.82) is 0 Å². The molecule has 1 aliphatic heterocycles. The van der Waals surface area contributed by atoms with Gasteiger partial charge in [0.25, 0.3) is 11.5 Å². The van der Waals surface area contributed by atoms with Crippen LogP contribution in [-0.4, -0.2) is 57.6 Å². The molecule has 3 heterocycles. The minimum atomic E-state index is -0.719. The number of aliphatic hydroxyl groups excluding tert-OH is 1. The van der Waals surface area contributed by atoms with E-state index in [9.17, 15) is 19.5 Å². The number of hydrogen-bond acceptors (Lipinski definition) is 8. The minimum absolute atomic E-state index is 0.0302. The summed E-state index contributed by atoms with van der Waals surface area (Å²) in [5.74, 6) is -0.220. The Morgan fingerprint density at radius 2 is 1.78 bits per heavy atom. The van der Waals surface area contributed by atoms with Crippen LogP contribution in [0.4, 0.5) is 5.69 Å². The summed E-state index contributed by atoms with van der Waals surface area (Å²) in [5, 5.41) is 17.1. The van der Waals surface area contributed by atoms with Crippen molar-refractivity contribution < 1.29 is 19.4 Å². The number of fused-ring (bicyclic) bond motifs is 1. The van der Waals surface area contributed by atoms with Crippen molar-refractivity contribution in [3.8, 4) is 28.3 Å². The smallest absolute Gasteiger partial charge is 0.330 e. The van der Waals surface area contributed by atoms with E-state index in [0.717, 1.165) is 33.1 Å². The molecule has 1 aliphatic carbocycles. The number of aryl methyl sites for hydroxylation is 2. The van der Waals surface area contributed by atoms with E-state index in [0.29, 0.717) is 46.5 Å². The van der Waals surface area contributed by atoms with Crippen molar-refractivity contribution in [3.63, 3.8) is 0 Å². The molecular formula is C32H31Cl2N5O6. The molecule has 45 heavy (non-hydrogen) atoms. The fourth-order valence-corrected chi connectivity index (χ4v) is 6.55. The number of rotatable bonds is 7. The van der Waals surface area contributed by atoms with Crippen LogP contribution in [0.2, 0.25) is 10.0 Å². The SMILES string of the molecule is COc1nc(-c2cccc(-c3cccc(NC(=O)c4cn(C)c(=O)n(C)c4=O)c3Cl)c2Cl)cc2c1C(NC1COC[C@H]1O)CC2. The number of carbonyl (C=O) groups is 1. The number of aliphatic hydroxyl groups is 1. The first kappa shape index (κ1) is 31.0. The third-order valence-electron chi connectivity index (χ3n) is 8.32. The molecular weight excluding hydrogens is 621 g/mol. The van der Waals surface area contributed by atoms with Gasteiger partial charge in [-0.05, 0) is 30.5 Å². The average molecular weight is 653 g/mol. The summed E-state index contributed by atoms with van der Waals surface area (Å²) >= 11 is 13.8. The van der Waals surface area contributed by atoms with Crippen LogP contribution in [0.1, 0.15) is 33.9 Å². The Morgan fingerprint density at radius 1 is 1.07 bits per heavy atom. The summed E-state index contributed by atoms with van der Waals surface area (Å²) in [5.41, 5.74) is 3.32. The molecule has 2 unspecified atom stereocenters. The van der Waals surface area contributed by atoms with Crippen LogP contribution in [0.3, 0.4) is 0 Å². The zero-order valence-electron chi connectivity index (χ0n) is 24.8. The Labute approximate surface area is 268 Å². The predicted molar refractivity (Wildman–Crippen MR) is 171 cm³/mol. The van der Waals surface area contributed by atoms with Crippen LogP contribution in [0.5, 0.6) is 5.88 Å². The number of carbonyl (C=O) groups excluding carboxylic acids is 1. The Morgan fingerprint density at radius 3 is 2.49 bits per heavy atom. The number of nitrogens with one attached hydrogen (secondary N) is 2. The molecule has 0 radical (unpaired) electrons. The van der Waals surface area contributed by atoms with Crippen LogP contribution >= 0.6 is 23.2 Å². The lowest BCUT2D eigenvalue weighted by Gasteiger charge is -2.22. The Kier molecular flexibility index (Phi) is 8.55. The maximum atomic E-state index is 13.1. The summed E-state index contributed by atoms with van der Waals surface area (Å²) in [4.78, 5) is 42.6. The van der Waals surface area contributed by atoms with Crippen LogP contribution in [-0.2, 0) is 25.3 Å². The molecule has 2 aromatic carbocycles. The highest BCUT2D eigenvalue weighted by Crippen LogP contribution is 2.44. The van der Waals surface area contributed by atoms with Gasteiger partial charge in [0.15, 0.2) is 0 Å². The van der Waals surface area contributed by atoms with Gasteiger partial charge in [-0.15, -0.1) is 0 Å². The van der Waals surface area contributed by atoms with Gasteiger partial charge in [-0.2, -0.15) is 0 Å². The number of hydrogen-bond donors (Lipinski definition) is 3. The molecule has 11 nitrogen and oxygen atoms in total. The van der Waals surface area contributed by atoms with E-state index in [2.05, 4.69) is 10.6 Å². The van der Waals surface area contributed by atoms with E-state index in [-0.39, 0.29) is 28.4 Å². The number of benzene rings is 2. The van der Waals surface area contributed by atoms with Gasteiger partial charge in [0, 0.05) is 48.6 Å². The summed E-state index contributed by atoms with van der Waals surface area (Å²) in [6.07, 6.45) is 2.26. The van der Waals surface area contributed by atoms with Gasteiger partial charge in [0.1, 0.15) is 5.56 Å². The van der Waals surface area contributed by atoms with E-state index >= 15 is 0 Å². The van der Waals surface area contributed by atoms with Crippen LogP contribution in [0.25, 0.3) is 22.4 Å². The molecule has 0 spiro atoms. The van der Waals surface area contributed by atoms with Gasteiger partial charge >= 0.3 is 5.69 Å². The zero-order chi connectivity index (χ0) is 32.0. The van der Waals surface area contributed by atoms with Crippen LogP contribution < -0.4 is 26.6 Å². The molecule has 6 rings (SSSR count). The molecule has 0 saturated carbocycles. The lowest BCUT2D eigenvalue weighted by atomic mass is 9.99. The fraction of sp³-hybridized carbons (Fsp3) is 0.312. The maximum absolute atomic E-state index is 13.1. The average Bonchev–Trinajstić information content (AvgIpc) is 3.64. The molecule has 1 fully saturated rings. The van der Waals surface area contributed by atoms with E-state index in [1.807, 2.05) is 24.3 Å². The molecule has 1 saturated heterocycles. The monoisotopic (exact) mass is 651 g/mol. The fourth-order valence-electron chi connectivity index (χ4n) is 5.95. The highest BCUT2D eigenvalue weighted by Gasteiger charge is 2.34. The number of methoxy groups -OCH3 is 1. The van der Waals surface area contributed by atoms with Crippen molar-refractivity contribution in [2.75, 3.05) is 25.6 Å².